The van der Waals surface area contributed by atoms with E-state index in [0.717, 1.165) is 48.3 Å². The Labute approximate surface area is 350 Å². The smallest absolute Gasteiger partial charge is 0.268 e. The van der Waals surface area contributed by atoms with Gasteiger partial charge in [-0.25, -0.2) is 0 Å². The van der Waals surface area contributed by atoms with Crippen molar-refractivity contribution >= 4 is 7.82 Å². The van der Waals surface area contributed by atoms with Crippen LogP contribution in [0.3, 0.4) is 0 Å². The molecule has 0 spiro atoms. The third-order valence-corrected chi connectivity index (χ3v) is 13.9. The summed E-state index contributed by atoms with van der Waals surface area (Å²) in [5.41, 5.74) is 0. The van der Waals surface area contributed by atoms with Crippen LogP contribution in [0.15, 0.2) is 0 Å². The number of likely N-dealkylation sites (N-methyl/N-ethyl adjacent to an activating group) is 1. The maximum Gasteiger partial charge on any atom is 0.268 e. The standard InChI is InChI=1S/C48H98NO6P/c1-40-18-12-20-42(3)24-16-28-46(7)32-35-52-38-48(39-55-56(50,51)54-37-34-49(9,10)11)53-36-33-47(8)29-17-25-43(4)21-13-19-41(2)23-15-27-45(6)31-30-44(5)26-14-22-40/h40-48H,12-39H2,1-11H3/t40-,41-,42+,43+,44-,45-,46+,47+,48-/m0/s1. The summed E-state index contributed by atoms with van der Waals surface area (Å²) in [4.78, 5) is 12.5. The number of nitrogens with zero attached hydrogens (tertiary/aromatic N) is 1. The second-order valence-electron chi connectivity index (χ2n) is 20.7. The van der Waals surface area contributed by atoms with E-state index < -0.39 is 13.9 Å². The van der Waals surface area contributed by atoms with Crippen LogP contribution >= 0.6 is 7.82 Å². The molecule has 0 aromatic heterocycles. The first-order chi connectivity index (χ1) is 26.4. The lowest BCUT2D eigenvalue weighted by atomic mass is 9.88. The lowest BCUT2D eigenvalue weighted by molar-refractivity contribution is -0.870. The van der Waals surface area contributed by atoms with Crippen LogP contribution in [0.2, 0.25) is 0 Å². The van der Waals surface area contributed by atoms with Crippen molar-refractivity contribution in [1.82, 2.24) is 0 Å². The molecule has 1 fully saturated rings. The number of hydrogen-bond donors (Lipinski definition) is 0. The highest BCUT2D eigenvalue weighted by Crippen LogP contribution is 2.38. The Kier molecular flexibility index (Phi) is 30.7. The number of rotatable bonds is 7. The molecule has 7 nitrogen and oxygen atoms in total. The van der Waals surface area contributed by atoms with Gasteiger partial charge >= 0.3 is 0 Å². The molecule has 0 bridgehead atoms. The molecule has 1 unspecified atom stereocenters. The molecular weight excluding hydrogens is 718 g/mol. The van der Waals surface area contributed by atoms with Crippen molar-refractivity contribution in [3.05, 3.63) is 0 Å². The van der Waals surface area contributed by atoms with Gasteiger partial charge in [-0.3, -0.25) is 4.57 Å². The van der Waals surface area contributed by atoms with Crippen LogP contribution < -0.4 is 4.89 Å². The molecule has 336 valence electrons. The van der Waals surface area contributed by atoms with E-state index in [4.69, 9.17) is 18.5 Å². The zero-order valence-corrected chi connectivity index (χ0v) is 40.2. The molecular formula is C48H98NO6P. The summed E-state index contributed by atoms with van der Waals surface area (Å²) in [5, 5.41) is 0. The summed E-state index contributed by atoms with van der Waals surface area (Å²) in [6, 6.07) is 0. The minimum absolute atomic E-state index is 0.0831. The van der Waals surface area contributed by atoms with Crippen LogP contribution in [-0.4, -0.2) is 71.3 Å². The van der Waals surface area contributed by atoms with E-state index >= 15 is 0 Å². The molecule has 1 aliphatic rings. The van der Waals surface area contributed by atoms with E-state index in [-0.39, 0.29) is 13.2 Å². The first-order valence-corrected chi connectivity index (χ1v) is 25.5. The zero-order valence-electron chi connectivity index (χ0n) is 39.3. The molecule has 1 aliphatic heterocycles. The molecule has 1 saturated heterocycles. The third kappa shape index (κ3) is 32.8. The molecule has 0 amide bonds. The highest BCUT2D eigenvalue weighted by atomic mass is 31.2. The van der Waals surface area contributed by atoms with Gasteiger partial charge in [0.15, 0.2) is 0 Å². The van der Waals surface area contributed by atoms with Crippen molar-refractivity contribution in [3.8, 4) is 0 Å². The normalized spacial score (nSPS) is 33.2. The maximum absolute atomic E-state index is 12.5. The second kappa shape index (κ2) is 31.8. The predicted octanol–water partition coefficient (Wildman–Crippen LogP) is 13.3. The van der Waals surface area contributed by atoms with Gasteiger partial charge in [0, 0.05) is 13.2 Å². The Morgan fingerprint density at radius 1 is 0.500 bits per heavy atom. The highest BCUT2D eigenvalue weighted by Gasteiger charge is 2.19. The summed E-state index contributed by atoms with van der Waals surface area (Å²) in [5.74, 6) is 6.18. The number of phosphoric ester groups is 1. The van der Waals surface area contributed by atoms with Crippen LogP contribution in [0.5, 0.6) is 0 Å². The summed E-state index contributed by atoms with van der Waals surface area (Å²) < 4.78 is 35.9. The first-order valence-electron chi connectivity index (χ1n) is 24.0. The third-order valence-electron chi connectivity index (χ3n) is 13.0. The fourth-order valence-corrected chi connectivity index (χ4v) is 9.06. The van der Waals surface area contributed by atoms with Gasteiger partial charge in [0.2, 0.25) is 0 Å². The van der Waals surface area contributed by atoms with E-state index in [9.17, 15) is 9.46 Å². The molecule has 56 heavy (non-hydrogen) atoms. The van der Waals surface area contributed by atoms with Gasteiger partial charge in [-0.1, -0.05) is 184 Å². The molecule has 1 rings (SSSR count). The van der Waals surface area contributed by atoms with Gasteiger partial charge in [-0.05, 0) is 60.2 Å². The van der Waals surface area contributed by atoms with Crippen LogP contribution in [0, 0.1) is 47.3 Å². The molecule has 0 N–H and O–H groups in total. The SMILES string of the molecule is C[C@@H]1CCC[C@H](C)CCC[C@H](C)CC[C@@H](C)CCC[C@@H](C)CCC[C@@H](C)CCC[C@@H](C)CCO[C@H](COP(=O)([O-])OCC[N+](C)(C)C)COCC[C@H](C)CCC1. The molecule has 0 saturated carbocycles. The zero-order chi connectivity index (χ0) is 41.8. The average molecular weight is 816 g/mol. The topological polar surface area (TPSA) is 77.1 Å². The lowest BCUT2D eigenvalue weighted by Gasteiger charge is -2.28. The predicted molar refractivity (Wildman–Crippen MR) is 238 cm³/mol. The highest BCUT2D eigenvalue weighted by molar-refractivity contribution is 7.45. The number of quaternary nitrogens is 1. The molecule has 8 heteroatoms. The Morgan fingerprint density at radius 3 is 1.18 bits per heavy atom. The maximum atomic E-state index is 12.5. The minimum Gasteiger partial charge on any atom is -0.756 e. The fourth-order valence-electron chi connectivity index (χ4n) is 8.33. The van der Waals surface area contributed by atoms with Crippen molar-refractivity contribution in [2.24, 2.45) is 47.3 Å². The van der Waals surface area contributed by atoms with Gasteiger partial charge in [0.05, 0.1) is 34.4 Å². The average Bonchev–Trinajstić information content (AvgIpc) is 3.10. The van der Waals surface area contributed by atoms with Gasteiger partial charge in [-0.15, -0.1) is 0 Å². The van der Waals surface area contributed by atoms with Crippen LogP contribution in [0.25, 0.3) is 0 Å². The summed E-state index contributed by atoms with van der Waals surface area (Å²) in [6.45, 7) is 21.6. The van der Waals surface area contributed by atoms with E-state index in [2.05, 4.69) is 55.4 Å². The van der Waals surface area contributed by atoms with E-state index in [1.165, 1.54) is 128 Å². The van der Waals surface area contributed by atoms with Crippen molar-refractivity contribution in [2.45, 2.75) is 203 Å². The van der Waals surface area contributed by atoms with E-state index in [1.54, 1.807) is 0 Å². The fraction of sp³-hybridized carbons (Fsp3) is 1.00. The summed E-state index contributed by atoms with van der Waals surface area (Å²) in [7, 11) is 1.59. The Morgan fingerprint density at radius 2 is 0.821 bits per heavy atom. The Bertz CT molecular complexity index is 960. The quantitative estimate of drug-likeness (QED) is 0.188. The molecule has 0 aliphatic carbocycles. The van der Waals surface area contributed by atoms with Crippen LogP contribution in [-0.2, 0) is 23.1 Å². The minimum atomic E-state index is -4.42. The van der Waals surface area contributed by atoms with Crippen LogP contribution in [0.4, 0.5) is 0 Å². The molecule has 10 atom stereocenters. The Hall–Kier alpha value is -0.0100. The van der Waals surface area contributed by atoms with Gasteiger partial charge < -0.3 is 27.9 Å². The number of hydrogen-bond acceptors (Lipinski definition) is 6. The van der Waals surface area contributed by atoms with Gasteiger partial charge in [-0.2, -0.15) is 0 Å². The molecule has 0 aromatic rings. The summed E-state index contributed by atoms with van der Waals surface area (Å²) in [6.07, 6.45) is 28.5. The van der Waals surface area contributed by atoms with E-state index in [1.807, 2.05) is 21.1 Å². The molecule has 0 aromatic carbocycles. The second-order valence-corrected chi connectivity index (χ2v) is 22.2. The van der Waals surface area contributed by atoms with Crippen molar-refractivity contribution in [3.63, 3.8) is 0 Å². The molecule has 1 heterocycles. The summed E-state index contributed by atoms with van der Waals surface area (Å²) >= 11 is 0. The Balaban J connectivity index is 2.68. The lowest BCUT2D eigenvalue weighted by Crippen LogP contribution is -2.37. The molecule has 0 radical (unpaired) electrons. The van der Waals surface area contributed by atoms with Gasteiger partial charge in [0.1, 0.15) is 19.3 Å². The van der Waals surface area contributed by atoms with Crippen molar-refractivity contribution < 1.29 is 32.5 Å². The number of ether oxygens (including phenoxy) is 2. The van der Waals surface area contributed by atoms with Crippen LogP contribution in [0.1, 0.15) is 197 Å². The monoisotopic (exact) mass is 816 g/mol. The van der Waals surface area contributed by atoms with Crippen molar-refractivity contribution in [1.29, 1.82) is 0 Å². The van der Waals surface area contributed by atoms with Gasteiger partial charge in [0.25, 0.3) is 7.82 Å². The number of phosphoric acid groups is 1. The largest absolute Gasteiger partial charge is 0.756 e. The van der Waals surface area contributed by atoms with Crippen molar-refractivity contribution in [2.75, 3.05) is 60.7 Å². The van der Waals surface area contributed by atoms with E-state index in [0.29, 0.717) is 42.7 Å². The first kappa shape index (κ1) is 54.0.